The summed E-state index contributed by atoms with van der Waals surface area (Å²) in [6.45, 7) is 7.31. The Labute approximate surface area is 122 Å². The van der Waals surface area contributed by atoms with Crippen molar-refractivity contribution in [2.24, 2.45) is 5.41 Å². The van der Waals surface area contributed by atoms with Crippen LogP contribution in [0.4, 0.5) is 0 Å². The molecule has 1 atom stereocenters. The average Bonchev–Trinajstić information content (AvgIpc) is 2.47. The van der Waals surface area contributed by atoms with Crippen molar-refractivity contribution >= 4 is 5.91 Å². The van der Waals surface area contributed by atoms with E-state index in [1.165, 1.54) is 5.56 Å². The van der Waals surface area contributed by atoms with E-state index in [9.17, 15) is 4.79 Å². The van der Waals surface area contributed by atoms with E-state index in [2.05, 4.69) is 36.6 Å². The summed E-state index contributed by atoms with van der Waals surface area (Å²) in [5, 5.41) is 6.50. The van der Waals surface area contributed by atoms with Crippen molar-refractivity contribution in [2.45, 2.75) is 39.0 Å². The molecule has 1 saturated heterocycles. The molecule has 2 rings (SSSR count). The molecule has 0 aromatic heterocycles. The van der Waals surface area contributed by atoms with Crippen LogP contribution in [0.25, 0.3) is 0 Å². The highest BCUT2D eigenvalue weighted by atomic mass is 16.1. The van der Waals surface area contributed by atoms with E-state index in [0.717, 1.165) is 32.5 Å². The molecular weight excluding hydrogens is 248 g/mol. The van der Waals surface area contributed by atoms with E-state index in [4.69, 9.17) is 0 Å². The Balaban J connectivity index is 1.78. The van der Waals surface area contributed by atoms with E-state index in [1.54, 1.807) is 0 Å². The van der Waals surface area contributed by atoms with Crippen molar-refractivity contribution < 1.29 is 4.79 Å². The van der Waals surface area contributed by atoms with Crippen LogP contribution in [0.1, 0.15) is 44.6 Å². The standard InChI is InChI=1S/C17H26N2O/c1-14(15-6-4-3-5-7-15)12-16(20)19-13-17(2)8-10-18-11-9-17/h3-7,14,18H,8-13H2,1-2H3,(H,19,20). The molecule has 1 amide bonds. The molecule has 0 radical (unpaired) electrons. The lowest BCUT2D eigenvalue weighted by atomic mass is 9.81. The SMILES string of the molecule is CC(CC(=O)NCC1(C)CCNCC1)c1ccccc1. The van der Waals surface area contributed by atoms with Crippen molar-refractivity contribution in [2.75, 3.05) is 19.6 Å². The molecule has 1 aliphatic heterocycles. The van der Waals surface area contributed by atoms with E-state index in [-0.39, 0.29) is 17.2 Å². The third-order valence-corrected chi connectivity index (χ3v) is 4.38. The molecular formula is C17H26N2O. The molecule has 1 aromatic rings. The highest BCUT2D eigenvalue weighted by molar-refractivity contribution is 5.76. The van der Waals surface area contributed by atoms with Crippen LogP contribution in [0, 0.1) is 5.41 Å². The number of amides is 1. The maximum absolute atomic E-state index is 12.1. The fourth-order valence-electron chi connectivity index (χ4n) is 2.77. The fourth-order valence-corrected chi connectivity index (χ4v) is 2.77. The van der Waals surface area contributed by atoms with Crippen molar-refractivity contribution in [1.82, 2.24) is 10.6 Å². The largest absolute Gasteiger partial charge is 0.356 e. The first-order chi connectivity index (χ1) is 9.59. The van der Waals surface area contributed by atoms with Gasteiger partial charge in [0.1, 0.15) is 0 Å². The second-order valence-corrected chi connectivity index (χ2v) is 6.35. The molecule has 1 aliphatic rings. The number of benzene rings is 1. The van der Waals surface area contributed by atoms with Gasteiger partial charge < -0.3 is 10.6 Å². The Bertz CT molecular complexity index is 424. The van der Waals surface area contributed by atoms with E-state index in [0.29, 0.717) is 6.42 Å². The maximum atomic E-state index is 12.1. The average molecular weight is 274 g/mol. The van der Waals surface area contributed by atoms with Gasteiger partial charge in [-0.25, -0.2) is 0 Å². The van der Waals surface area contributed by atoms with Crippen LogP contribution in [-0.2, 0) is 4.79 Å². The Kier molecular flexibility index (Phi) is 5.18. The second kappa shape index (κ2) is 6.89. The quantitative estimate of drug-likeness (QED) is 0.867. The molecule has 110 valence electrons. The summed E-state index contributed by atoms with van der Waals surface area (Å²) >= 11 is 0. The fraction of sp³-hybridized carbons (Fsp3) is 0.588. The Morgan fingerprint density at radius 1 is 1.30 bits per heavy atom. The van der Waals surface area contributed by atoms with Crippen LogP contribution in [0.3, 0.4) is 0 Å². The minimum absolute atomic E-state index is 0.168. The molecule has 1 fully saturated rings. The van der Waals surface area contributed by atoms with Crippen LogP contribution in [0.2, 0.25) is 0 Å². The van der Waals surface area contributed by atoms with Crippen molar-refractivity contribution in [3.05, 3.63) is 35.9 Å². The minimum Gasteiger partial charge on any atom is -0.356 e. The number of carbonyl (C=O) groups is 1. The van der Waals surface area contributed by atoms with Gasteiger partial charge in [-0.3, -0.25) is 4.79 Å². The van der Waals surface area contributed by atoms with Gasteiger partial charge >= 0.3 is 0 Å². The summed E-state index contributed by atoms with van der Waals surface area (Å²) < 4.78 is 0. The van der Waals surface area contributed by atoms with Crippen molar-refractivity contribution in [1.29, 1.82) is 0 Å². The Morgan fingerprint density at radius 2 is 1.95 bits per heavy atom. The predicted molar refractivity (Wildman–Crippen MR) is 82.7 cm³/mol. The van der Waals surface area contributed by atoms with E-state index in [1.807, 2.05) is 18.2 Å². The molecule has 0 aliphatic carbocycles. The zero-order chi connectivity index (χ0) is 14.4. The van der Waals surface area contributed by atoms with E-state index < -0.39 is 0 Å². The first-order valence-electron chi connectivity index (χ1n) is 7.61. The highest BCUT2D eigenvalue weighted by Gasteiger charge is 2.27. The van der Waals surface area contributed by atoms with Crippen molar-refractivity contribution in [3.8, 4) is 0 Å². The molecule has 1 unspecified atom stereocenters. The lowest BCUT2D eigenvalue weighted by Gasteiger charge is -2.34. The maximum Gasteiger partial charge on any atom is 0.220 e. The van der Waals surface area contributed by atoms with Gasteiger partial charge in [0, 0.05) is 13.0 Å². The Morgan fingerprint density at radius 3 is 2.60 bits per heavy atom. The molecule has 0 saturated carbocycles. The van der Waals surface area contributed by atoms with Gasteiger partial charge in [0.15, 0.2) is 0 Å². The topological polar surface area (TPSA) is 41.1 Å². The number of nitrogens with one attached hydrogen (secondary N) is 2. The number of hydrogen-bond acceptors (Lipinski definition) is 2. The van der Waals surface area contributed by atoms with Crippen LogP contribution >= 0.6 is 0 Å². The second-order valence-electron chi connectivity index (χ2n) is 6.35. The molecule has 1 aromatic carbocycles. The summed E-state index contributed by atoms with van der Waals surface area (Å²) in [5.41, 5.74) is 1.49. The lowest BCUT2D eigenvalue weighted by molar-refractivity contribution is -0.122. The van der Waals surface area contributed by atoms with Gasteiger partial charge in [0.05, 0.1) is 0 Å². The summed E-state index contributed by atoms with van der Waals surface area (Å²) in [4.78, 5) is 12.1. The molecule has 3 heteroatoms. The third kappa shape index (κ3) is 4.34. The first kappa shape index (κ1) is 15.0. The van der Waals surface area contributed by atoms with Crippen LogP contribution < -0.4 is 10.6 Å². The summed E-state index contributed by atoms with van der Waals surface area (Å²) in [7, 11) is 0. The molecule has 0 bridgehead atoms. The minimum atomic E-state index is 0.168. The Hall–Kier alpha value is -1.35. The highest BCUT2D eigenvalue weighted by Crippen LogP contribution is 2.27. The van der Waals surface area contributed by atoms with Crippen LogP contribution in [0.5, 0.6) is 0 Å². The van der Waals surface area contributed by atoms with E-state index >= 15 is 0 Å². The third-order valence-electron chi connectivity index (χ3n) is 4.38. The summed E-state index contributed by atoms with van der Waals surface area (Å²) in [6, 6.07) is 10.2. The van der Waals surface area contributed by atoms with Gasteiger partial charge in [-0.1, -0.05) is 44.2 Å². The van der Waals surface area contributed by atoms with Crippen molar-refractivity contribution in [3.63, 3.8) is 0 Å². The van der Waals surface area contributed by atoms with Gasteiger partial charge in [0.25, 0.3) is 0 Å². The summed E-state index contributed by atoms with van der Waals surface area (Å²) in [6.07, 6.45) is 2.85. The van der Waals surface area contributed by atoms with Gasteiger partial charge in [0.2, 0.25) is 5.91 Å². The van der Waals surface area contributed by atoms with Gasteiger partial charge in [-0.2, -0.15) is 0 Å². The van der Waals surface area contributed by atoms with Crippen LogP contribution in [0.15, 0.2) is 30.3 Å². The number of piperidine rings is 1. The zero-order valence-corrected chi connectivity index (χ0v) is 12.6. The van der Waals surface area contributed by atoms with Gasteiger partial charge in [-0.05, 0) is 42.8 Å². The van der Waals surface area contributed by atoms with Gasteiger partial charge in [-0.15, -0.1) is 0 Å². The smallest absolute Gasteiger partial charge is 0.220 e. The molecule has 3 nitrogen and oxygen atoms in total. The molecule has 20 heavy (non-hydrogen) atoms. The normalized spacial score (nSPS) is 19.3. The molecule has 2 N–H and O–H groups in total. The molecule has 0 spiro atoms. The predicted octanol–water partition coefficient (Wildman–Crippen LogP) is 2.69. The number of rotatable bonds is 5. The number of carbonyl (C=O) groups excluding carboxylic acids is 1. The number of hydrogen-bond donors (Lipinski definition) is 2. The summed E-state index contributed by atoms with van der Waals surface area (Å²) in [5.74, 6) is 0.443. The van der Waals surface area contributed by atoms with Crippen LogP contribution in [-0.4, -0.2) is 25.5 Å². The monoisotopic (exact) mass is 274 g/mol. The first-order valence-corrected chi connectivity index (χ1v) is 7.61. The molecule has 1 heterocycles. The zero-order valence-electron chi connectivity index (χ0n) is 12.6. The lowest BCUT2D eigenvalue weighted by Crippen LogP contribution is -2.43.